The molecule has 0 saturated heterocycles. The minimum Gasteiger partial charge on any atom is -0.309 e. The van der Waals surface area contributed by atoms with Gasteiger partial charge in [-0.1, -0.05) is 91.0 Å². The highest BCUT2D eigenvalue weighted by atomic mass is 32.1. The Labute approximate surface area is 244 Å². The number of hydrogen-bond acceptors (Lipinski definition) is 3. The van der Waals surface area contributed by atoms with Crippen molar-refractivity contribution in [2.45, 2.75) is 0 Å². The van der Waals surface area contributed by atoms with E-state index >= 15 is 0 Å². The lowest BCUT2D eigenvalue weighted by atomic mass is 9.98. The first-order chi connectivity index (χ1) is 20.3. The molecular formula is C37H22N2S2. The van der Waals surface area contributed by atoms with Crippen LogP contribution in [0.2, 0.25) is 0 Å². The maximum absolute atomic E-state index is 5.07. The second-order valence-electron chi connectivity index (χ2n) is 10.4. The van der Waals surface area contributed by atoms with Crippen molar-refractivity contribution < 1.29 is 0 Å². The highest BCUT2D eigenvalue weighted by Crippen LogP contribution is 2.43. The van der Waals surface area contributed by atoms with Gasteiger partial charge in [-0.15, -0.1) is 22.7 Å². The van der Waals surface area contributed by atoms with Crippen molar-refractivity contribution in [1.82, 2.24) is 9.55 Å². The van der Waals surface area contributed by atoms with Gasteiger partial charge in [-0.3, -0.25) is 0 Å². The Balaban J connectivity index is 1.19. The van der Waals surface area contributed by atoms with E-state index < -0.39 is 0 Å². The Hall–Kier alpha value is -4.77. The third kappa shape index (κ3) is 3.45. The van der Waals surface area contributed by atoms with Crippen LogP contribution in [0.4, 0.5) is 0 Å². The summed E-state index contributed by atoms with van der Waals surface area (Å²) in [5, 5.41) is 6.28. The minimum absolute atomic E-state index is 1.06. The van der Waals surface area contributed by atoms with Gasteiger partial charge >= 0.3 is 0 Å². The first-order valence-corrected chi connectivity index (χ1v) is 15.4. The average Bonchev–Trinajstić information content (AvgIpc) is 3.73. The van der Waals surface area contributed by atoms with Gasteiger partial charge in [-0.2, -0.15) is 0 Å². The molecule has 9 aromatic rings. The standard InChI is InChI=1S/C37H22N2S2/c1-2-9-25(10-3-1)39-30-14-6-4-11-27(30)34-26(13-8-15-31(34)39)23-17-19-24(20-18-23)37-38-29-21-22-33-35(36(29)41-37)28-12-5-7-16-32(28)40-33/h1-22H. The zero-order valence-electron chi connectivity index (χ0n) is 21.9. The van der Waals surface area contributed by atoms with E-state index in [-0.39, 0.29) is 0 Å². The van der Waals surface area contributed by atoms with Gasteiger partial charge in [-0.05, 0) is 53.6 Å². The molecule has 9 rings (SSSR count). The molecule has 0 saturated carbocycles. The number of rotatable bonds is 3. The molecule has 2 nitrogen and oxygen atoms in total. The normalized spacial score (nSPS) is 11.9. The summed E-state index contributed by atoms with van der Waals surface area (Å²) in [6.45, 7) is 0. The predicted molar refractivity (Wildman–Crippen MR) is 178 cm³/mol. The van der Waals surface area contributed by atoms with Gasteiger partial charge in [0.2, 0.25) is 0 Å². The molecule has 192 valence electrons. The number of para-hydroxylation sites is 2. The number of fused-ring (bicyclic) bond motifs is 8. The monoisotopic (exact) mass is 558 g/mol. The van der Waals surface area contributed by atoms with Crippen LogP contribution in [0, 0.1) is 0 Å². The summed E-state index contributed by atoms with van der Waals surface area (Å²) in [5.41, 5.74) is 8.30. The molecule has 41 heavy (non-hydrogen) atoms. The van der Waals surface area contributed by atoms with Crippen LogP contribution in [0.3, 0.4) is 0 Å². The van der Waals surface area contributed by atoms with Gasteiger partial charge in [0.1, 0.15) is 5.01 Å². The summed E-state index contributed by atoms with van der Waals surface area (Å²) >= 11 is 3.66. The van der Waals surface area contributed by atoms with Crippen molar-refractivity contribution in [2.24, 2.45) is 0 Å². The Bertz CT molecular complexity index is 2410. The molecule has 0 radical (unpaired) electrons. The number of nitrogens with zero attached hydrogens (tertiary/aromatic N) is 2. The predicted octanol–water partition coefficient (Wildman–Crippen LogP) is 11.1. The quantitative estimate of drug-likeness (QED) is 0.211. The lowest BCUT2D eigenvalue weighted by Crippen LogP contribution is -1.92. The molecular weight excluding hydrogens is 537 g/mol. The van der Waals surface area contributed by atoms with Crippen molar-refractivity contribution in [3.05, 3.63) is 133 Å². The third-order valence-electron chi connectivity index (χ3n) is 8.05. The van der Waals surface area contributed by atoms with E-state index in [0.717, 1.165) is 16.1 Å². The summed E-state index contributed by atoms with van der Waals surface area (Å²) in [6, 6.07) is 48.1. The molecule has 0 aliphatic heterocycles. The summed E-state index contributed by atoms with van der Waals surface area (Å²) in [5.74, 6) is 0. The maximum atomic E-state index is 5.07. The summed E-state index contributed by atoms with van der Waals surface area (Å²) in [4.78, 5) is 5.07. The van der Waals surface area contributed by atoms with E-state index in [1.165, 1.54) is 63.5 Å². The second kappa shape index (κ2) is 8.87. The molecule has 0 aliphatic rings. The molecule has 0 bridgehead atoms. The van der Waals surface area contributed by atoms with Crippen LogP contribution in [0.15, 0.2) is 133 Å². The van der Waals surface area contributed by atoms with Crippen LogP contribution >= 0.6 is 22.7 Å². The molecule has 0 fully saturated rings. The maximum Gasteiger partial charge on any atom is 0.124 e. The summed E-state index contributed by atoms with van der Waals surface area (Å²) < 4.78 is 6.31. The highest BCUT2D eigenvalue weighted by Gasteiger charge is 2.17. The molecule has 0 amide bonds. The highest BCUT2D eigenvalue weighted by molar-refractivity contribution is 7.28. The van der Waals surface area contributed by atoms with E-state index in [9.17, 15) is 0 Å². The molecule has 3 aromatic heterocycles. The largest absolute Gasteiger partial charge is 0.309 e. The van der Waals surface area contributed by atoms with Crippen molar-refractivity contribution >= 4 is 74.9 Å². The topological polar surface area (TPSA) is 17.8 Å². The van der Waals surface area contributed by atoms with E-state index in [1.807, 2.05) is 11.3 Å². The summed E-state index contributed by atoms with van der Waals surface area (Å²) in [7, 11) is 0. The Morgan fingerprint density at radius 1 is 0.488 bits per heavy atom. The van der Waals surface area contributed by atoms with Crippen LogP contribution < -0.4 is 0 Å². The van der Waals surface area contributed by atoms with E-state index in [0.29, 0.717) is 0 Å². The summed E-state index contributed by atoms with van der Waals surface area (Å²) in [6.07, 6.45) is 0. The zero-order valence-corrected chi connectivity index (χ0v) is 23.5. The van der Waals surface area contributed by atoms with Gasteiger partial charge in [0.05, 0.1) is 21.3 Å². The second-order valence-corrected chi connectivity index (χ2v) is 12.5. The van der Waals surface area contributed by atoms with Crippen LogP contribution in [0.25, 0.3) is 79.6 Å². The average molecular weight is 559 g/mol. The van der Waals surface area contributed by atoms with Gasteiger partial charge in [0, 0.05) is 42.2 Å². The molecule has 4 heteroatoms. The van der Waals surface area contributed by atoms with Crippen LogP contribution in [-0.2, 0) is 0 Å². The number of aromatic nitrogens is 2. The first kappa shape index (κ1) is 23.0. The first-order valence-electron chi connectivity index (χ1n) is 13.7. The van der Waals surface area contributed by atoms with E-state index in [4.69, 9.17) is 4.98 Å². The van der Waals surface area contributed by atoms with Crippen molar-refractivity contribution in [2.75, 3.05) is 0 Å². The van der Waals surface area contributed by atoms with E-state index in [2.05, 4.69) is 138 Å². The van der Waals surface area contributed by atoms with Crippen LogP contribution in [-0.4, -0.2) is 9.55 Å². The van der Waals surface area contributed by atoms with Gasteiger partial charge in [-0.25, -0.2) is 4.98 Å². The van der Waals surface area contributed by atoms with Gasteiger partial charge < -0.3 is 4.57 Å². The van der Waals surface area contributed by atoms with Crippen LogP contribution in [0.1, 0.15) is 0 Å². The molecule has 0 atom stereocenters. The molecule has 3 heterocycles. The van der Waals surface area contributed by atoms with Crippen molar-refractivity contribution in [1.29, 1.82) is 0 Å². The fraction of sp³-hybridized carbons (Fsp3) is 0. The Morgan fingerprint density at radius 3 is 2.10 bits per heavy atom. The zero-order chi connectivity index (χ0) is 26.9. The third-order valence-corrected chi connectivity index (χ3v) is 10.3. The van der Waals surface area contributed by atoms with Gasteiger partial charge in [0.25, 0.3) is 0 Å². The van der Waals surface area contributed by atoms with Crippen molar-refractivity contribution in [3.63, 3.8) is 0 Å². The molecule has 0 unspecified atom stereocenters. The Kier molecular flexibility index (Phi) is 4.97. The molecule has 6 aromatic carbocycles. The Morgan fingerprint density at radius 2 is 1.22 bits per heavy atom. The smallest absolute Gasteiger partial charge is 0.124 e. The number of hydrogen-bond donors (Lipinski definition) is 0. The lowest BCUT2D eigenvalue weighted by Gasteiger charge is -2.09. The molecule has 0 spiro atoms. The molecule has 0 aliphatic carbocycles. The van der Waals surface area contributed by atoms with Crippen LogP contribution in [0.5, 0.6) is 0 Å². The van der Waals surface area contributed by atoms with Gasteiger partial charge in [0.15, 0.2) is 0 Å². The lowest BCUT2D eigenvalue weighted by molar-refractivity contribution is 1.18. The fourth-order valence-corrected chi connectivity index (χ4v) is 8.54. The van der Waals surface area contributed by atoms with Crippen molar-refractivity contribution in [3.8, 4) is 27.4 Å². The minimum atomic E-state index is 1.06. The van der Waals surface area contributed by atoms with E-state index in [1.54, 1.807) is 11.3 Å². The fourth-order valence-electron chi connectivity index (χ4n) is 6.23. The number of benzene rings is 6. The SMILES string of the molecule is c1ccc(-n2c3ccccc3c3c(-c4ccc(-c5nc6ccc7sc8ccccc8c7c6s5)cc4)cccc32)cc1. The number of thiazole rings is 1. The molecule has 0 N–H and O–H groups in total. The number of thiophene rings is 1.